The molecule has 0 spiro atoms. The van der Waals surface area contributed by atoms with Crippen LogP contribution in [0.15, 0.2) is 10.5 Å². The summed E-state index contributed by atoms with van der Waals surface area (Å²) in [5.74, 6) is 0.967. The standard InChI is InChI=1S/C13H18BrNO/c1-8-6-11(9(2)12(14)13(8)16)10-4-3-5-15-7-10/h6,10,15-16H,3-5,7H2,1-2H3. The van der Waals surface area contributed by atoms with Gasteiger partial charge in [-0.2, -0.15) is 0 Å². The molecule has 1 aromatic rings. The first-order chi connectivity index (χ1) is 7.61. The molecule has 1 saturated heterocycles. The third kappa shape index (κ3) is 2.11. The maximum atomic E-state index is 9.85. The van der Waals surface area contributed by atoms with Crippen LogP contribution in [0.25, 0.3) is 0 Å². The molecule has 0 radical (unpaired) electrons. The maximum Gasteiger partial charge on any atom is 0.132 e. The molecule has 0 saturated carbocycles. The first-order valence-corrected chi connectivity index (χ1v) is 6.60. The summed E-state index contributed by atoms with van der Waals surface area (Å²) in [6.45, 7) is 6.22. The number of hydrogen-bond acceptors (Lipinski definition) is 2. The predicted octanol–water partition coefficient (Wildman–Crippen LogP) is 3.24. The second kappa shape index (κ2) is 4.76. The van der Waals surface area contributed by atoms with Crippen LogP contribution >= 0.6 is 15.9 Å². The van der Waals surface area contributed by atoms with E-state index in [2.05, 4.69) is 34.2 Å². The number of phenols is 1. The SMILES string of the molecule is Cc1cc(C2CCCNC2)c(C)c(Br)c1O. The summed E-state index contributed by atoms with van der Waals surface area (Å²) in [6, 6.07) is 2.13. The van der Waals surface area contributed by atoms with Crippen LogP contribution in [0, 0.1) is 13.8 Å². The summed E-state index contributed by atoms with van der Waals surface area (Å²) in [4.78, 5) is 0. The number of hydrogen-bond donors (Lipinski definition) is 2. The molecule has 0 bridgehead atoms. The first kappa shape index (κ1) is 11.9. The van der Waals surface area contributed by atoms with E-state index in [1.54, 1.807) is 0 Å². The molecule has 2 rings (SSSR count). The minimum absolute atomic E-state index is 0.380. The average molecular weight is 284 g/mol. The molecule has 3 heteroatoms. The number of phenolic OH excluding ortho intramolecular Hbond substituents is 1. The van der Waals surface area contributed by atoms with Crippen LogP contribution in [0.2, 0.25) is 0 Å². The summed E-state index contributed by atoms with van der Waals surface area (Å²) in [5, 5.41) is 13.3. The largest absolute Gasteiger partial charge is 0.506 e. The smallest absolute Gasteiger partial charge is 0.132 e. The van der Waals surface area contributed by atoms with Crippen molar-refractivity contribution in [3.8, 4) is 5.75 Å². The highest BCUT2D eigenvalue weighted by atomic mass is 79.9. The van der Waals surface area contributed by atoms with E-state index in [4.69, 9.17) is 0 Å². The van der Waals surface area contributed by atoms with Gasteiger partial charge >= 0.3 is 0 Å². The third-order valence-electron chi connectivity index (χ3n) is 3.45. The van der Waals surface area contributed by atoms with E-state index in [1.165, 1.54) is 24.0 Å². The average Bonchev–Trinajstić information content (AvgIpc) is 2.32. The lowest BCUT2D eigenvalue weighted by Gasteiger charge is -2.25. The van der Waals surface area contributed by atoms with Crippen LogP contribution in [0.5, 0.6) is 5.75 Å². The monoisotopic (exact) mass is 283 g/mol. The van der Waals surface area contributed by atoms with Gasteiger partial charge in [-0.3, -0.25) is 0 Å². The highest BCUT2D eigenvalue weighted by molar-refractivity contribution is 9.10. The molecule has 1 fully saturated rings. The van der Waals surface area contributed by atoms with Crippen molar-refractivity contribution in [3.63, 3.8) is 0 Å². The zero-order valence-corrected chi connectivity index (χ0v) is 11.4. The van der Waals surface area contributed by atoms with Gasteiger partial charge in [-0.05, 0) is 71.8 Å². The topological polar surface area (TPSA) is 32.3 Å². The van der Waals surface area contributed by atoms with Crippen molar-refractivity contribution in [1.82, 2.24) is 5.32 Å². The van der Waals surface area contributed by atoms with Gasteiger partial charge in [0.2, 0.25) is 0 Å². The van der Waals surface area contributed by atoms with Crippen molar-refractivity contribution in [2.75, 3.05) is 13.1 Å². The molecule has 1 heterocycles. The maximum absolute atomic E-state index is 9.85. The Morgan fingerprint density at radius 3 is 2.81 bits per heavy atom. The molecule has 1 aliphatic rings. The molecule has 2 nitrogen and oxygen atoms in total. The lowest BCUT2D eigenvalue weighted by atomic mass is 9.87. The summed E-state index contributed by atoms with van der Waals surface area (Å²) >= 11 is 3.48. The van der Waals surface area contributed by atoms with Gasteiger partial charge in [0.25, 0.3) is 0 Å². The molecule has 1 atom stereocenters. The Hall–Kier alpha value is -0.540. The molecule has 2 N–H and O–H groups in total. The van der Waals surface area contributed by atoms with Crippen molar-refractivity contribution >= 4 is 15.9 Å². The van der Waals surface area contributed by atoms with Gasteiger partial charge in [-0.25, -0.2) is 0 Å². The molecule has 0 aliphatic carbocycles. The Balaban J connectivity index is 2.40. The van der Waals surface area contributed by atoms with E-state index in [-0.39, 0.29) is 0 Å². The Morgan fingerprint density at radius 1 is 1.44 bits per heavy atom. The number of benzene rings is 1. The Morgan fingerprint density at radius 2 is 2.19 bits per heavy atom. The Labute approximate surface area is 105 Å². The normalized spacial score (nSPS) is 21.1. The fraction of sp³-hybridized carbons (Fsp3) is 0.538. The quantitative estimate of drug-likeness (QED) is 0.829. The zero-order valence-electron chi connectivity index (χ0n) is 9.81. The number of piperidine rings is 1. The molecule has 0 amide bonds. The number of nitrogens with one attached hydrogen (secondary N) is 1. The first-order valence-electron chi connectivity index (χ1n) is 5.80. The van der Waals surface area contributed by atoms with Crippen molar-refractivity contribution in [1.29, 1.82) is 0 Å². The van der Waals surface area contributed by atoms with Gasteiger partial charge < -0.3 is 10.4 Å². The summed E-state index contributed by atoms with van der Waals surface area (Å²) in [5.41, 5.74) is 3.50. The lowest BCUT2D eigenvalue weighted by Crippen LogP contribution is -2.28. The molecule has 1 aromatic carbocycles. The summed E-state index contributed by atoms with van der Waals surface area (Å²) < 4.78 is 0.855. The third-order valence-corrected chi connectivity index (χ3v) is 4.42. The van der Waals surface area contributed by atoms with Crippen molar-refractivity contribution in [3.05, 3.63) is 27.2 Å². The van der Waals surface area contributed by atoms with Crippen molar-refractivity contribution in [2.24, 2.45) is 0 Å². The van der Waals surface area contributed by atoms with Crippen LogP contribution in [0.1, 0.15) is 35.4 Å². The number of aryl methyl sites for hydroxylation is 1. The second-order valence-electron chi connectivity index (χ2n) is 4.61. The molecule has 0 aromatic heterocycles. The molecular formula is C13H18BrNO. The van der Waals surface area contributed by atoms with E-state index in [1.807, 2.05) is 6.92 Å². The van der Waals surface area contributed by atoms with Gasteiger partial charge in [-0.1, -0.05) is 6.07 Å². The Kier molecular flexibility index (Phi) is 3.55. The van der Waals surface area contributed by atoms with Crippen LogP contribution in [0.3, 0.4) is 0 Å². The fourth-order valence-corrected chi connectivity index (χ4v) is 2.97. The van der Waals surface area contributed by atoms with Gasteiger partial charge in [0.15, 0.2) is 0 Å². The van der Waals surface area contributed by atoms with Gasteiger partial charge in [-0.15, -0.1) is 0 Å². The second-order valence-corrected chi connectivity index (χ2v) is 5.41. The van der Waals surface area contributed by atoms with E-state index < -0.39 is 0 Å². The van der Waals surface area contributed by atoms with E-state index in [0.29, 0.717) is 11.7 Å². The van der Waals surface area contributed by atoms with Gasteiger partial charge in [0.05, 0.1) is 4.47 Å². The van der Waals surface area contributed by atoms with Crippen LogP contribution in [0.4, 0.5) is 0 Å². The lowest BCUT2D eigenvalue weighted by molar-refractivity contribution is 0.453. The highest BCUT2D eigenvalue weighted by Crippen LogP contribution is 2.37. The molecule has 1 unspecified atom stereocenters. The van der Waals surface area contributed by atoms with Gasteiger partial charge in [0.1, 0.15) is 5.75 Å². The van der Waals surface area contributed by atoms with E-state index >= 15 is 0 Å². The summed E-state index contributed by atoms with van der Waals surface area (Å²) in [7, 11) is 0. The fourth-order valence-electron chi connectivity index (χ4n) is 2.43. The van der Waals surface area contributed by atoms with Crippen molar-refractivity contribution < 1.29 is 5.11 Å². The van der Waals surface area contributed by atoms with Crippen LogP contribution in [-0.2, 0) is 0 Å². The molecular weight excluding hydrogens is 266 g/mol. The zero-order chi connectivity index (χ0) is 11.7. The molecule has 16 heavy (non-hydrogen) atoms. The minimum Gasteiger partial charge on any atom is -0.506 e. The van der Waals surface area contributed by atoms with Crippen molar-refractivity contribution in [2.45, 2.75) is 32.6 Å². The number of halogens is 1. The van der Waals surface area contributed by atoms with Gasteiger partial charge in [0, 0.05) is 6.54 Å². The predicted molar refractivity (Wildman–Crippen MR) is 70.1 cm³/mol. The van der Waals surface area contributed by atoms with E-state index in [9.17, 15) is 5.11 Å². The van der Waals surface area contributed by atoms with E-state index in [0.717, 1.165) is 23.1 Å². The number of rotatable bonds is 1. The highest BCUT2D eigenvalue weighted by Gasteiger charge is 2.20. The number of aromatic hydroxyl groups is 1. The Bertz CT molecular complexity index is 397. The minimum atomic E-state index is 0.380. The van der Waals surface area contributed by atoms with Crippen LogP contribution in [-0.4, -0.2) is 18.2 Å². The summed E-state index contributed by atoms with van der Waals surface area (Å²) in [6.07, 6.45) is 2.48. The molecule has 1 aliphatic heterocycles. The van der Waals surface area contributed by atoms with Crippen LogP contribution < -0.4 is 5.32 Å². The molecule has 88 valence electrons.